The molecule has 1 aliphatic rings. The van der Waals surface area contributed by atoms with E-state index in [9.17, 15) is 9.18 Å². The van der Waals surface area contributed by atoms with E-state index in [0.717, 1.165) is 29.5 Å². The smallest absolute Gasteiger partial charge is 0.254 e. The van der Waals surface area contributed by atoms with Crippen LogP contribution in [0.15, 0.2) is 36.4 Å². The van der Waals surface area contributed by atoms with Crippen molar-refractivity contribution in [2.45, 2.75) is 32.7 Å². The molecule has 3 N–H and O–H groups in total. The van der Waals surface area contributed by atoms with Crippen LogP contribution in [0.1, 0.15) is 34.3 Å². The van der Waals surface area contributed by atoms with E-state index in [4.69, 9.17) is 5.73 Å². The zero-order valence-electron chi connectivity index (χ0n) is 14.1. The van der Waals surface area contributed by atoms with Crippen molar-refractivity contribution in [2.24, 2.45) is 11.7 Å². The monoisotopic (exact) mass is 326 g/mol. The fourth-order valence-corrected chi connectivity index (χ4v) is 2.91. The molecule has 1 aliphatic carbocycles. The Morgan fingerprint density at radius 2 is 1.83 bits per heavy atom. The van der Waals surface area contributed by atoms with Crippen LogP contribution >= 0.6 is 0 Å². The Balaban J connectivity index is 1.81. The normalized spacial score (nSPS) is 15.2. The first-order chi connectivity index (χ1) is 11.5. The molecule has 1 fully saturated rings. The highest BCUT2D eigenvalue weighted by Gasteiger charge is 2.31. The second kappa shape index (κ2) is 6.73. The summed E-state index contributed by atoms with van der Waals surface area (Å²) in [5.74, 6) is -0.451. The van der Waals surface area contributed by atoms with Gasteiger partial charge in [-0.05, 0) is 67.0 Å². The summed E-state index contributed by atoms with van der Waals surface area (Å²) in [5.41, 5.74) is 9.84. The van der Waals surface area contributed by atoms with Crippen molar-refractivity contribution < 1.29 is 9.18 Å². The first kappa shape index (κ1) is 16.7. The number of hydrogen-bond acceptors (Lipinski definition) is 2. The average Bonchev–Trinajstić information content (AvgIpc) is 3.39. The van der Waals surface area contributed by atoms with Gasteiger partial charge >= 0.3 is 0 Å². The van der Waals surface area contributed by atoms with Gasteiger partial charge in [-0.1, -0.05) is 24.3 Å². The maximum absolute atomic E-state index is 14.4. The number of rotatable bonds is 5. The van der Waals surface area contributed by atoms with Crippen LogP contribution in [0.3, 0.4) is 0 Å². The summed E-state index contributed by atoms with van der Waals surface area (Å²) >= 11 is 0. The predicted molar refractivity (Wildman–Crippen MR) is 94.3 cm³/mol. The maximum Gasteiger partial charge on any atom is 0.254 e. The summed E-state index contributed by atoms with van der Waals surface area (Å²) in [6.45, 7) is 4.46. The minimum absolute atomic E-state index is 0.0590. The molecule has 2 aromatic carbocycles. The van der Waals surface area contributed by atoms with Crippen LogP contribution in [0.25, 0.3) is 11.1 Å². The largest absolute Gasteiger partial charge is 0.348 e. The summed E-state index contributed by atoms with van der Waals surface area (Å²) < 4.78 is 14.4. The first-order valence-corrected chi connectivity index (χ1v) is 8.37. The molecule has 0 saturated heterocycles. The van der Waals surface area contributed by atoms with Crippen molar-refractivity contribution in [2.75, 3.05) is 6.54 Å². The third-order valence-electron chi connectivity index (χ3n) is 4.82. The van der Waals surface area contributed by atoms with E-state index in [2.05, 4.69) is 5.32 Å². The summed E-state index contributed by atoms with van der Waals surface area (Å²) in [6.07, 6.45) is 2.16. The highest BCUT2D eigenvalue weighted by atomic mass is 19.1. The number of benzene rings is 2. The number of carbonyl (C=O) groups is 1. The molecule has 1 amide bonds. The number of amides is 1. The van der Waals surface area contributed by atoms with Gasteiger partial charge in [0.2, 0.25) is 0 Å². The van der Waals surface area contributed by atoms with Crippen molar-refractivity contribution in [1.29, 1.82) is 0 Å². The number of nitrogens with two attached hydrogens (primary N) is 1. The zero-order chi connectivity index (χ0) is 17.3. The van der Waals surface area contributed by atoms with Crippen molar-refractivity contribution in [1.82, 2.24) is 5.32 Å². The lowest BCUT2D eigenvalue weighted by atomic mass is 9.99. The van der Waals surface area contributed by atoms with E-state index in [0.29, 0.717) is 12.5 Å². The quantitative estimate of drug-likeness (QED) is 0.882. The van der Waals surface area contributed by atoms with Gasteiger partial charge < -0.3 is 11.1 Å². The average molecular weight is 326 g/mol. The Kier molecular flexibility index (Phi) is 4.67. The molecule has 0 bridgehead atoms. The standard InChI is InChI=1S/C20H23FN2O/c1-12-3-4-15(9-13(12)2)16-7-8-17(18(21)10-16)20(24)23-19(11-22)14-5-6-14/h3-4,7-10,14,19H,5-6,11,22H2,1-2H3,(H,23,24). The molecule has 3 nitrogen and oxygen atoms in total. The number of hydrogen-bond donors (Lipinski definition) is 2. The molecular formula is C20H23FN2O. The van der Waals surface area contributed by atoms with Crippen molar-refractivity contribution in [3.63, 3.8) is 0 Å². The minimum atomic E-state index is -0.505. The van der Waals surface area contributed by atoms with Crippen LogP contribution in [-0.4, -0.2) is 18.5 Å². The Bertz CT molecular complexity index is 768. The lowest BCUT2D eigenvalue weighted by molar-refractivity contribution is 0.0929. The molecule has 1 saturated carbocycles. The van der Waals surface area contributed by atoms with Crippen molar-refractivity contribution in [3.05, 3.63) is 58.9 Å². The molecule has 4 heteroatoms. The van der Waals surface area contributed by atoms with Gasteiger partial charge in [-0.2, -0.15) is 0 Å². The summed E-state index contributed by atoms with van der Waals surface area (Å²) in [5, 5.41) is 2.86. The fraction of sp³-hybridized carbons (Fsp3) is 0.350. The molecule has 126 valence electrons. The summed E-state index contributed by atoms with van der Waals surface area (Å²) in [6, 6.07) is 10.7. The van der Waals surface area contributed by atoms with Crippen LogP contribution in [0.2, 0.25) is 0 Å². The van der Waals surface area contributed by atoms with E-state index in [1.165, 1.54) is 11.6 Å². The van der Waals surface area contributed by atoms with Crippen LogP contribution in [0.5, 0.6) is 0 Å². The maximum atomic E-state index is 14.4. The number of nitrogens with one attached hydrogen (secondary N) is 1. The number of aryl methyl sites for hydroxylation is 2. The third-order valence-corrected chi connectivity index (χ3v) is 4.82. The molecule has 0 aromatic heterocycles. The minimum Gasteiger partial charge on any atom is -0.348 e. The lowest BCUT2D eigenvalue weighted by Gasteiger charge is -2.16. The molecule has 0 aliphatic heterocycles. The fourth-order valence-electron chi connectivity index (χ4n) is 2.91. The molecule has 3 rings (SSSR count). The SMILES string of the molecule is Cc1ccc(-c2ccc(C(=O)NC(CN)C3CC3)c(F)c2)cc1C. The first-order valence-electron chi connectivity index (χ1n) is 8.37. The summed E-state index contributed by atoms with van der Waals surface area (Å²) in [7, 11) is 0. The van der Waals surface area contributed by atoms with Gasteiger partial charge in [-0.3, -0.25) is 4.79 Å². The van der Waals surface area contributed by atoms with Gasteiger partial charge in [0.1, 0.15) is 5.82 Å². The summed E-state index contributed by atoms with van der Waals surface area (Å²) in [4.78, 5) is 12.3. The Morgan fingerprint density at radius 3 is 2.42 bits per heavy atom. The zero-order valence-corrected chi connectivity index (χ0v) is 14.1. The van der Waals surface area contributed by atoms with E-state index >= 15 is 0 Å². The van der Waals surface area contributed by atoms with Crippen LogP contribution < -0.4 is 11.1 Å². The van der Waals surface area contributed by atoms with E-state index in [-0.39, 0.29) is 17.5 Å². The van der Waals surface area contributed by atoms with Gasteiger partial charge in [-0.25, -0.2) is 4.39 Å². The molecule has 0 radical (unpaired) electrons. The van der Waals surface area contributed by atoms with Gasteiger partial charge in [0.05, 0.1) is 5.56 Å². The second-order valence-electron chi connectivity index (χ2n) is 6.65. The van der Waals surface area contributed by atoms with Crippen LogP contribution in [-0.2, 0) is 0 Å². The van der Waals surface area contributed by atoms with Crippen LogP contribution in [0.4, 0.5) is 4.39 Å². The Morgan fingerprint density at radius 1 is 1.17 bits per heavy atom. The molecule has 0 spiro atoms. The molecule has 2 aromatic rings. The topological polar surface area (TPSA) is 55.1 Å². The Labute approximate surface area is 142 Å². The number of halogens is 1. The highest BCUT2D eigenvalue weighted by molar-refractivity contribution is 5.95. The van der Waals surface area contributed by atoms with Crippen molar-refractivity contribution >= 4 is 5.91 Å². The molecule has 0 heterocycles. The van der Waals surface area contributed by atoms with E-state index in [1.807, 2.05) is 32.0 Å². The van der Waals surface area contributed by atoms with Crippen LogP contribution in [0, 0.1) is 25.6 Å². The van der Waals surface area contributed by atoms with Gasteiger partial charge in [-0.15, -0.1) is 0 Å². The molecule has 24 heavy (non-hydrogen) atoms. The predicted octanol–water partition coefficient (Wildman–Crippen LogP) is 3.58. The Hall–Kier alpha value is -2.20. The van der Waals surface area contributed by atoms with Gasteiger partial charge in [0.15, 0.2) is 0 Å². The van der Waals surface area contributed by atoms with Gasteiger partial charge in [0, 0.05) is 12.6 Å². The second-order valence-corrected chi connectivity index (χ2v) is 6.65. The highest BCUT2D eigenvalue weighted by Crippen LogP contribution is 2.32. The molecular weight excluding hydrogens is 303 g/mol. The lowest BCUT2D eigenvalue weighted by Crippen LogP contribution is -2.42. The van der Waals surface area contributed by atoms with E-state index in [1.54, 1.807) is 12.1 Å². The van der Waals surface area contributed by atoms with Gasteiger partial charge in [0.25, 0.3) is 5.91 Å². The van der Waals surface area contributed by atoms with Crippen molar-refractivity contribution in [3.8, 4) is 11.1 Å². The van der Waals surface area contributed by atoms with E-state index < -0.39 is 5.82 Å². The molecule has 1 atom stereocenters. The number of carbonyl (C=O) groups excluding carboxylic acids is 1. The third kappa shape index (κ3) is 3.49. The molecule has 1 unspecified atom stereocenters.